The molecule has 0 heterocycles. The van der Waals surface area contributed by atoms with E-state index in [-0.39, 0.29) is 22.1 Å². The zero-order valence-electron chi connectivity index (χ0n) is 15.8. The van der Waals surface area contributed by atoms with Crippen molar-refractivity contribution in [2.24, 2.45) is 0 Å². The van der Waals surface area contributed by atoms with Gasteiger partial charge in [-0.3, -0.25) is 0 Å². The molecule has 1 aliphatic carbocycles. The fourth-order valence-electron chi connectivity index (χ4n) is 3.56. The second-order valence-electron chi connectivity index (χ2n) is 6.83. The Bertz CT molecular complexity index is 558. The van der Waals surface area contributed by atoms with Gasteiger partial charge in [0.05, 0.1) is 5.60 Å². The van der Waals surface area contributed by atoms with Crippen LogP contribution in [0.4, 0.5) is 0 Å². The minimum absolute atomic E-state index is 0.0570. The quantitative estimate of drug-likeness (QED) is 0.668. The van der Waals surface area contributed by atoms with E-state index in [4.69, 9.17) is 23.5 Å². The normalized spacial score (nSPS) is 17.7. The molecule has 6 radical (unpaired) electrons. The summed E-state index contributed by atoms with van der Waals surface area (Å²) in [5.41, 5.74) is -0.825. The Labute approximate surface area is 155 Å². The second-order valence-corrected chi connectivity index (χ2v) is 6.83. The molecular formula is C18H28B3NO3. The number of aliphatic hydroxyl groups is 1. The van der Waals surface area contributed by atoms with Crippen LogP contribution in [-0.2, 0) is 0 Å². The van der Waals surface area contributed by atoms with Crippen LogP contribution in [0.15, 0.2) is 0 Å². The van der Waals surface area contributed by atoms with Gasteiger partial charge < -0.3 is 20.2 Å². The summed E-state index contributed by atoms with van der Waals surface area (Å²) in [6.45, 7) is 4.48. The molecule has 2 rings (SSSR count). The molecule has 4 nitrogen and oxygen atoms in total. The van der Waals surface area contributed by atoms with Crippen molar-refractivity contribution < 1.29 is 15.3 Å². The lowest BCUT2D eigenvalue weighted by Gasteiger charge is -2.42. The highest BCUT2D eigenvalue weighted by atomic mass is 16.3. The Hall–Kier alpha value is -1.07. The predicted molar refractivity (Wildman–Crippen MR) is 107 cm³/mol. The number of likely N-dealkylation sites (N-methyl/N-ethyl adjacent to an activating group) is 1. The second kappa shape index (κ2) is 9.04. The van der Waals surface area contributed by atoms with Gasteiger partial charge in [0.15, 0.2) is 0 Å². The minimum Gasteiger partial charge on any atom is -0.509 e. The molecule has 0 spiro atoms. The number of hydrogen-bond donors (Lipinski definition) is 3. The monoisotopic (exact) mass is 339 g/mol. The van der Waals surface area contributed by atoms with Crippen LogP contribution >= 0.6 is 0 Å². The molecule has 3 N–H and O–H groups in total. The summed E-state index contributed by atoms with van der Waals surface area (Å²) in [6.07, 6.45) is 4.18. The zero-order valence-corrected chi connectivity index (χ0v) is 15.8. The summed E-state index contributed by atoms with van der Waals surface area (Å²) < 4.78 is 0. The first-order valence-corrected chi connectivity index (χ1v) is 8.94. The van der Waals surface area contributed by atoms with Crippen LogP contribution in [0, 0.1) is 0 Å². The molecule has 1 fully saturated rings. The lowest BCUT2D eigenvalue weighted by Crippen LogP contribution is -2.47. The van der Waals surface area contributed by atoms with Crippen LogP contribution in [0.5, 0.6) is 11.5 Å². The van der Waals surface area contributed by atoms with Gasteiger partial charge in [-0.15, -0.1) is 0 Å². The Morgan fingerprint density at radius 1 is 0.920 bits per heavy atom. The van der Waals surface area contributed by atoms with Crippen molar-refractivity contribution in [1.29, 1.82) is 0 Å². The SMILES string of the molecule is CC.[B]c1c([B])c(C(CN(C)C)C2(O)CCCCC2)c(O)c([B])c1O. The van der Waals surface area contributed by atoms with Crippen molar-refractivity contribution in [1.82, 2.24) is 4.90 Å². The third-order valence-electron chi connectivity index (χ3n) is 4.87. The van der Waals surface area contributed by atoms with E-state index in [0.717, 1.165) is 19.3 Å². The first kappa shape index (κ1) is 22.0. The van der Waals surface area contributed by atoms with Crippen LogP contribution in [0.25, 0.3) is 0 Å². The number of phenols is 2. The fourth-order valence-corrected chi connectivity index (χ4v) is 3.56. The van der Waals surface area contributed by atoms with E-state index in [0.29, 0.717) is 24.9 Å². The highest BCUT2D eigenvalue weighted by molar-refractivity contribution is 6.53. The van der Waals surface area contributed by atoms with E-state index in [1.807, 2.05) is 32.8 Å². The number of nitrogens with zero attached hydrogens (tertiary/aromatic N) is 1. The van der Waals surface area contributed by atoms with Gasteiger partial charge in [0.2, 0.25) is 0 Å². The highest BCUT2D eigenvalue weighted by Crippen LogP contribution is 2.41. The van der Waals surface area contributed by atoms with E-state index in [1.165, 1.54) is 0 Å². The van der Waals surface area contributed by atoms with Gasteiger partial charge in [-0.1, -0.05) is 44.0 Å². The van der Waals surface area contributed by atoms with Crippen molar-refractivity contribution in [3.8, 4) is 11.5 Å². The van der Waals surface area contributed by atoms with Crippen molar-refractivity contribution in [2.45, 2.75) is 57.5 Å². The Balaban J connectivity index is 0.00000151. The molecule has 1 aliphatic rings. The Kier molecular flexibility index (Phi) is 7.95. The summed E-state index contributed by atoms with van der Waals surface area (Å²) in [7, 11) is 21.4. The Morgan fingerprint density at radius 3 is 1.92 bits per heavy atom. The van der Waals surface area contributed by atoms with Gasteiger partial charge in [-0.25, -0.2) is 0 Å². The lowest BCUT2D eigenvalue weighted by molar-refractivity contribution is -0.0280. The van der Waals surface area contributed by atoms with Gasteiger partial charge in [-0.05, 0) is 38.0 Å². The van der Waals surface area contributed by atoms with Crippen molar-refractivity contribution in [2.75, 3.05) is 20.6 Å². The smallest absolute Gasteiger partial charge is 0.124 e. The van der Waals surface area contributed by atoms with Gasteiger partial charge in [-0.2, -0.15) is 0 Å². The molecule has 25 heavy (non-hydrogen) atoms. The molecule has 1 unspecified atom stereocenters. The van der Waals surface area contributed by atoms with E-state index >= 15 is 0 Å². The summed E-state index contributed by atoms with van der Waals surface area (Å²) in [5.74, 6) is -1.15. The van der Waals surface area contributed by atoms with E-state index in [9.17, 15) is 15.3 Å². The summed E-state index contributed by atoms with van der Waals surface area (Å²) in [4.78, 5) is 1.93. The molecule has 1 aromatic rings. The Morgan fingerprint density at radius 2 is 1.44 bits per heavy atom. The van der Waals surface area contributed by atoms with Crippen molar-refractivity contribution in [3.05, 3.63) is 5.56 Å². The van der Waals surface area contributed by atoms with Crippen LogP contribution in [0.2, 0.25) is 0 Å². The van der Waals surface area contributed by atoms with Gasteiger partial charge >= 0.3 is 0 Å². The number of rotatable bonds is 4. The number of hydrogen-bond acceptors (Lipinski definition) is 4. The molecule has 1 saturated carbocycles. The van der Waals surface area contributed by atoms with Crippen LogP contribution < -0.4 is 16.4 Å². The van der Waals surface area contributed by atoms with Gasteiger partial charge in [0.1, 0.15) is 35.0 Å². The third-order valence-corrected chi connectivity index (χ3v) is 4.87. The standard InChI is InChI=1S/C16H22B3NO3.C2H6/c1-20(2)8-9(16(23)6-4-3-5-7-16)10-11(17)12(18)15(22)13(19)14(10)21;1-2/h9,21-23H,3-8H2,1-2H3;1-2H3. The van der Waals surface area contributed by atoms with Crippen LogP contribution in [0.1, 0.15) is 57.4 Å². The molecule has 132 valence electrons. The average Bonchev–Trinajstić information content (AvgIpc) is 2.59. The average molecular weight is 339 g/mol. The maximum atomic E-state index is 11.2. The number of aromatic hydroxyl groups is 2. The number of benzene rings is 1. The number of phenolic OH excluding ortho intramolecular Hbond substituents is 2. The van der Waals surface area contributed by atoms with Crippen molar-refractivity contribution >= 4 is 39.9 Å². The molecule has 0 aliphatic heterocycles. The predicted octanol–water partition coefficient (Wildman–Crippen LogP) is -0.154. The topological polar surface area (TPSA) is 63.9 Å². The molecule has 1 aromatic carbocycles. The first-order valence-electron chi connectivity index (χ1n) is 8.94. The highest BCUT2D eigenvalue weighted by Gasteiger charge is 2.41. The minimum atomic E-state index is -0.982. The molecule has 0 aromatic heterocycles. The maximum Gasteiger partial charge on any atom is 0.124 e. The molecule has 1 atom stereocenters. The van der Waals surface area contributed by atoms with E-state index < -0.39 is 17.3 Å². The molecule has 0 bridgehead atoms. The summed E-state index contributed by atoms with van der Waals surface area (Å²) >= 11 is 0. The maximum absolute atomic E-state index is 11.2. The van der Waals surface area contributed by atoms with E-state index in [1.54, 1.807) is 0 Å². The largest absolute Gasteiger partial charge is 0.509 e. The zero-order chi connectivity index (χ0) is 19.4. The van der Waals surface area contributed by atoms with Crippen LogP contribution in [0.3, 0.4) is 0 Å². The summed E-state index contributed by atoms with van der Waals surface area (Å²) in [5, 5.41) is 31.5. The summed E-state index contributed by atoms with van der Waals surface area (Å²) in [6, 6.07) is 0. The van der Waals surface area contributed by atoms with Crippen molar-refractivity contribution in [3.63, 3.8) is 0 Å². The lowest BCUT2D eigenvalue weighted by atomic mass is 9.65. The van der Waals surface area contributed by atoms with E-state index in [2.05, 4.69) is 0 Å². The molecule has 0 saturated heterocycles. The van der Waals surface area contributed by atoms with Gasteiger partial charge in [0, 0.05) is 12.5 Å². The molecular weight excluding hydrogens is 311 g/mol. The molecule has 0 amide bonds. The van der Waals surface area contributed by atoms with Gasteiger partial charge in [0.25, 0.3) is 0 Å². The third kappa shape index (κ3) is 4.56. The van der Waals surface area contributed by atoms with Crippen LogP contribution in [-0.4, -0.2) is 70.0 Å². The molecule has 7 heteroatoms. The fraction of sp³-hybridized carbons (Fsp3) is 0.667. The first-order chi connectivity index (χ1) is 11.7.